The molecule has 1 heterocycles. The second-order valence-electron chi connectivity index (χ2n) is 7.92. The van der Waals surface area contributed by atoms with Gasteiger partial charge >= 0.3 is 0 Å². The fourth-order valence-corrected chi connectivity index (χ4v) is 4.30. The van der Waals surface area contributed by atoms with Crippen molar-refractivity contribution < 1.29 is 19.2 Å². The molecule has 1 aliphatic carbocycles. The van der Waals surface area contributed by atoms with Crippen LogP contribution in [0.5, 0.6) is 0 Å². The first kappa shape index (κ1) is 22.2. The molecule has 2 atom stereocenters. The molecule has 2 aliphatic rings. The van der Waals surface area contributed by atoms with E-state index in [2.05, 4.69) is 0 Å². The van der Waals surface area contributed by atoms with Gasteiger partial charge in [0, 0.05) is 11.1 Å². The molecule has 164 valence electrons. The monoisotopic (exact) mass is 470 g/mol. The van der Waals surface area contributed by atoms with Crippen LogP contribution >= 0.6 is 23.2 Å². The number of hydrogen-bond acceptors (Lipinski definition) is 4. The van der Waals surface area contributed by atoms with Crippen molar-refractivity contribution in [2.45, 2.75) is 19.8 Å². The van der Waals surface area contributed by atoms with Crippen LogP contribution < -0.4 is 0 Å². The molecular formula is C24H20Cl2N2O4. The summed E-state index contributed by atoms with van der Waals surface area (Å²) in [6.07, 6.45) is 4.57. The third kappa shape index (κ3) is 4.08. The van der Waals surface area contributed by atoms with E-state index >= 15 is 0 Å². The van der Waals surface area contributed by atoms with Crippen LogP contribution in [0.15, 0.2) is 54.6 Å². The molecule has 8 heteroatoms. The smallest absolute Gasteiger partial charge is 0.273 e. The topological polar surface area (TPSA) is 74.8 Å². The SMILES string of the molecule is Cc1ccc(C(=O)CN(C(=O)c2ccc(Cl)c(Cl)c2)N2C(=O)[C@H]3CC=CC[C@H]3C2=O)cc1. The first-order chi connectivity index (χ1) is 15.3. The van der Waals surface area contributed by atoms with Crippen molar-refractivity contribution in [2.75, 3.05) is 6.54 Å². The van der Waals surface area contributed by atoms with Crippen molar-refractivity contribution in [3.63, 3.8) is 0 Å². The highest BCUT2D eigenvalue weighted by Crippen LogP contribution is 2.36. The van der Waals surface area contributed by atoms with Crippen LogP contribution in [-0.2, 0) is 9.59 Å². The summed E-state index contributed by atoms with van der Waals surface area (Å²) in [6.45, 7) is 1.43. The van der Waals surface area contributed by atoms with E-state index in [9.17, 15) is 19.2 Å². The number of aryl methyl sites for hydroxylation is 1. The highest BCUT2D eigenvalue weighted by Gasteiger charge is 2.51. The Balaban J connectivity index is 1.70. The van der Waals surface area contributed by atoms with E-state index in [1.165, 1.54) is 18.2 Å². The lowest BCUT2D eigenvalue weighted by atomic mass is 9.85. The van der Waals surface area contributed by atoms with Crippen LogP contribution in [-0.4, -0.2) is 40.1 Å². The predicted octanol–water partition coefficient (Wildman–Crippen LogP) is 4.49. The van der Waals surface area contributed by atoms with Gasteiger partial charge in [-0.25, -0.2) is 5.01 Å². The summed E-state index contributed by atoms with van der Waals surface area (Å²) < 4.78 is 0. The number of Topliss-reactive ketones (excluding diaryl/α,β-unsaturated/α-hetero) is 1. The molecule has 0 N–H and O–H groups in total. The van der Waals surface area contributed by atoms with Crippen molar-refractivity contribution in [3.8, 4) is 0 Å². The number of carbonyl (C=O) groups excluding carboxylic acids is 4. The van der Waals surface area contributed by atoms with Crippen molar-refractivity contribution >= 4 is 46.7 Å². The first-order valence-corrected chi connectivity index (χ1v) is 10.9. The molecule has 6 nitrogen and oxygen atoms in total. The molecule has 2 aromatic rings. The van der Waals surface area contributed by atoms with Crippen LogP contribution in [0.3, 0.4) is 0 Å². The summed E-state index contributed by atoms with van der Waals surface area (Å²) in [6, 6.07) is 11.1. The van der Waals surface area contributed by atoms with Crippen LogP contribution in [0.25, 0.3) is 0 Å². The number of carbonyl (C=O) groups is 4. The van der Waals surface area contributed by atoms with Gasteiger partial charge in [0.15, 0.2) is 5.78 Å². The van der Waals surface area contributed by atoms with Gasteiger partial charge in [0.1, 0.15) is 6.54 Å². The highest BCUT2D eigenvalue weighted by atomic mass is 35.5. The van der Waals surface area contributed by atoms with Gasteiger partial charge < -0.3 is 0 Å². The van der Waals surface area contributed by atoms with Crippen molar-refractivity contribution in [2.24, 2.45) is 11.8 Å². The Labute approximate surface area is 195 Å². The van der Waals surface area contributed by atoms with Crippen molar-refractivity contribution in [3.05, 3.63) is 81.4 Å². The fraction of sp³-hybridized carbons (Fsp3) is 0.250. The standard InChI is InChI=1S/C24H20Cl2N2O4/c1-14-6-8-15(9-7-14)21(29)13-27(22(30)16-10-11-19(25)20(26)12-16)28-23(31)17-4-2-3-5-18(17)24(28)32/h2-3,6-12,17-18H,4-5,13H2,1H3/t17-,18+. The number of allylic oxidation sites excluding steroid dienone is 2. The minimum Gasteiger partial charge on any atom is -0.292 e. The van der Waals surface area contributed by atoms with E-state index < -0.39 is 41.9 Å². The van der Waals surface area contributed by atoms with Gasteiger partial charge in [0.2, 0.25) is 0 Å². The summed E-state index contributed by atoms with van der Waals surface area (Å²) in [4.78, 5) is 52.7. The van der Waals surface area contributed by atoms with E-state index in [0.29, 0.717) is 18.4 Å². The van der Waals surface area contributed by atoms with Crippen LogP contribution in [0.2, 0.25) is 10.0 Å². The largest absolute Gasteiger partial charge is 0.292 e. The van der Waals surface area contributed by atoms with E-state index in [0.717, 1.165) is 15.6 Å². The molecule has 0 spiro atoms. The molecule has 32 heavy (non-hydrogen) atoms. The number of hydrogen-bond donors (Lipinski definition) is 0. The summed E-state index contributed by atoms with van der Waals surface area (Å²) in [5, 5.41) is 2.19. The second-order valence-corrected chi connectivity index (χ2v) is 8.74. The Bertz CT molecular complexity index is 1120. The number of amides is 3. The molecule has 1 aliphatic heterocycles. The fourth-order valence-electron chi connectivity index (χ4n) is 4.00. The normalized spacial score (nSPS) is 19.8. The number of imide groups is 1. The predicted molar refractivity (Wildman–Crippen MR) is 120 cm³/mol. The number of nitrogens with zero attached hydrogens (tertiary/aromatic N) is 2. The molecule has 0 aromatic heterocycles. The molecule has 1 fully saturated rings. The molecule has 3 amide bonds. The number of rotatable bonds is 5. The minimum absolute atomic E-state index is 0.115. The summed E-state index contributed by atoms with van der Waals surface area (Å²) in [5.74, 6) is -3.11. The molecule has 0 radical (unpaired) electrons. The minimum atomic E-state index is -0.683. The van der Waals surface area contributed by atoms with Crippen molar-refractivity contribution in [1.29, 1.82) is 0 Å². The molecule has 1 saturated heterocycles. The van der Waals surface area contributed by atoms with Gasteiger partial charge in [0.05, 0.1) is 21.9 Å². The Morgan fingerprint density at radius 3 is 2.03 bits per heavy atom. The number of ketones is 1. The molecule has 0 unspecified atom stereocenters. The third-order valence-corrected chi connectivity index (χ3v) is 6.53. The van der Waals surface area contributed by atoms with Gasteiger partial charge in [-0.2, -0.15) is 5.01 Å². The number of benzene rings is 2. The highest BCUT2D eigenvalue weighted by molar-refractivity contribution is 6.42. The van der Waals surface area contributed by atoms with Gasteiger partial charge in [-0.3, -0.25) is 19.2 Å². The zero-order valence-corrected chi connectivity index (χ0v) is 18.8. The van der Waals surface area contributed by atoms with Crippen LogP contribution in [0.1, 0.15) is 39.1 Å². The average Bonchev–Trinajstić information content (AvgIpc) is 3.04. The zero-order valence-electron chi connectivity index (χ0n) is 17.3. The van der Waals surface area contributed by atoms with Gasteiger partial charge in [-0.15, -0.1) is 0 Å². The maximum absolute atomic E-state index is 13.4. The van der Waals surface area contributed by atoms with Crippen LogP contribution in [0, 0.1) is 18.8 Å². The zero-order chi connectivity index (χ0) is 23.0. The molecule has 0 bridgehead atoms. The quantitative estimate of drug-likeness (QED) is 0.366. The molecule has 0 saturated carbocycles. The third-order valence-electron chi connectivity index (χ3n) is 5.79. The summed E-state index contributed by atoms with van der Waals surface area (Å²) >= 11 is 12.0. The number of hydrazine groups is 1. The lowest BCUT2D eigenvalue weighted by Gasteiger charge is -2.30. The lowest BCUT2D eigenvalue weighted by molar-refractivity contribution is -0.154. The van der Waals surface area contributed by atoms with E-state index in [-0.39, 0.29) is 15.6 Å². The van der Waals surface area contributed by atoms with Gasteiger partial charge in [-0.05, 0) is 38.0 Å². The average molecular weight is 471 g/mol. The number of halogens is 2. The molecular weight excluding hydrogens is 451 g/mol. The summed E-state index contributed by atoms with van der Waals surface area (Å²) in [7, 11) is 0. The van der Waals surface area contributed by atoms with E-state index in [1.54, 1.807) is 24.3 Å². The van der Waals surface area contributed by atoms with Crippen molar-refractivity contribution in [1.82, 2.24) is 10.0 Å². The van der Waals surface area contributed by atoms with E-state index in [4.69, 9.17) is 23.2 Å². The Kier molecular flexibility index (Phi) is 6.17. The summed E-state index contributed by atoms with van der Waals surface area (Å²) in [5.41, 5.74) is 1.47. The maximum atomic E-state index is 13.4. The molecule has 2 aromatic carbocycles. The maximum Gasteiger partial charge on any atom is 0.273 e. The first-order valence-electron chi connectivity index (χ1n) is 10.2. The second kappa shape index (κ2) is 8.88. The number of fused-ring (bicyclic) bond motifs is 1. The molecule has 4 rings (SSSR count). The Hall–Kier alpha value is -2.96. The Morgan fingerprint density at radius 1 is 0.906 bits per heavy atom. The van der Waals surface area contributed by atoms with Gasteiger partial charge in [-0.1, -0.05) is 65.2 Å². The lowest BCUT2D eigenvalue weighted by Crippen LogP contribution is -2.52. The van der Waals surface area contributed by atoms with E-state index in [1.807, 2.05) is 19.1 Å². The van der Waals surface area contributed by atoms with Gasteiger partial charge in [0.25, 0.3) is 17.7 Å². The Morgan fingerprint density at radius 2 is 1.47 bits per heavy atom. The van der Waals surface area contributed by atoms with Crippen LogP contribution in [0.4, 0.5) is 0 Å².